The van der Waals surface area contributed by atoms with E-state index in [0.29, 0.717) is 18.8 Å². The molecule has 0 saturated carbocycles. The highest BCUT2D eigenvalue weighted by Crippen LogP contribution is 2.20. The summed E-state index contributed by atoms with van der Waals surface area (Å²) in [7, 11) is 0. The van der Waals surface area contributed by atoms with Crippen LogP contribution in [0.2, 0.25) is 0 Å². The average molecular weight is 321 g/mol. The molecule has 24 heavy (non-hydrogen) atoms. The van der Waals surface area contributed by atoms with Crippen molar-refractivity contribution < 1.29 is 4.79 Å². The van der Waals surface area contributed by atoms with Gasteiger partial charge in [-0.25, -0.2) is 0 Å². The molecular weight excluding hydrogens is 302 g/mol. The molecule has 1 aliphatic heterocycles. The molecule has 0 atom stereocenters. The Hall–Kier alpha value is -2.89. The molecule has 1 aliphatic rings. The topological polar surface area (TPSA) is 65.1 Å². The number of pyridine rings is 1. The van der Waals surface area contributed by atoms with E-state index in [1.807, 2.05) is 11.0 Å². The highest BCUT2D eigenvalue weighted by atomic mass is 16.2. The second-order valence-corrected chi connectivity index (χ2v) is 6.11. The quantitative estimate of drug-likeness (QED) is 0.786. The predicted octanol–water partition coefficient (Wildman–Crippen LogP) is 2.23. The number of anilines is 1. The van der Waals surface area contributed by atoms with Gasteiger partial charge in [0.2, 0.25) is 0 Å². The third-order valence-electron chi connectivity index (χ3n) is 4.50. The summed E-state index contributed by atoms with van der Waals surface area (Å²) >= 11 is 0. The SMILES string of the molecule is Cc1cccc(N2CCN(C(=O)c3n[nH]c4ccncc34)CC2)c1. The molecule has 1 saturated heterocycles. The zero-order valence-electron chi connectivity index (χ0n) is 13.6. The molecule has 1 fully saturated rings. The number of fused-ring (bicyclic) bond motifs is 1. The largest absolute Gasteiger partial charge is 0.368 e. The van der Waals surface area contributed by atoms with E-state index in [0.717, 1.165) is 24.0 Å². The van der Waals surface area contributed by atoms with Crippen LogP contribution in [-0.4, -0.2) is 52.2 Å². The number of aryl methyl sites for hydroxylation is 1. The summed E-state index contributed by atoms with van der Waals surface area (Å²) in [5.74, 6) is -0.0295. The van der Waals surface area contributed by atoms with Crippen LogP contribution in [0.3, 0.4) is 0 Å². The number of rotatable bonds is 2. The number of nitrogens with zero attached hydrogens (tertiary/aromatic N) is 4. The Labute approximate surface area is 140 Å². The molecule has 0 aliphatic carbocycles. The van der Waals surface area contributed by atoms with Gasteiger partial charge in [-0.2, -0.15) is 5.10 Å². The molecule has 6 heteroatoms. The summed E-state index contributed by atoms with van der Waals surface area (Å²) in [6, 6.07) is 10.3. The number of carbonyl (C=O) groups excluding carboxylic acids is 1. The van der Waals surface area contributed by atoms with Crippen LogP contribution in [0.25, 0.3) is 10.9 Å². The summed E-state index contributed by atoms with van der Waals surface area (Å²) in [6.45, 7) is 5.15. The number of amides is 1. The van der Waals surface area contributed by atoms with E-state index < -0.39 is 0 Å². The number of aromatic nitrogens is 3. The van der Waals surface area contributed by atoms with Crippen molar-refractivity contribution in [1.29, 1.82) is 0 Å². The van der Waals surface area contributed by atoms with Gasteiger partial charge in [-0.15, -0.1) is 0 Å². The van der Waals surface area contributed by atoms with Crippen LogP contribution in [0.1, 0.15) is 16.1 Å². The fourth-order valence-electron chi connectivity index (χ4n) is 3.16. The smallest absolute Gasteiger partial charge is 0.275 e. The number of hydrogen-bond acceptors (Lipinski definition) is 4. The number of piperazine rings is 1. The van der Waals surface area contributed by atoms with Crippen LogP contribution in [0, 0.1) is 6.92 Å². The lowest BCUT2D eigenvalue weighted by molar-refractivity contribution is 0.0742. The summed E-state index contributed by atoms with van der Waals surface area (Å²) in [6.07, 6.45) is 3.38. The second-order valence-electron chi connectivity index (χ2n) is 6.11. The minimum absolute atomic E-state index is 0.0295. The first-order valence-corrected chi connectivity index (χ1v) is 8.11. The third kappa shape index (κ3) is 2.60. The molecule has 6 nitrogen and oxygen atoms in total. The van der Waals surface area contributed by atoms with Crippen molar-refractivity contribution in [2.45, 2.75) is 6.92 Å². The summed E-state index contributed by atoms with van der Waals surface area (Å²) in [4.78, 5) is 21.1. The van der Waals surface area contributed by atoms with Gasteiger partial charge in [0.15, 0.2) is 5.69 Å². The number of aromatic amines is 1. The maximum atomic E-state index is 12.8. The van der Waals surface area contributed by atoms with Crippen molar-refractivity contribution in [2.75, 3.05) is 31.1 Å². The van der Waals surface area contributed by atoms with E-state index in [1.54, 1.807) is 12.4 Å². The first kappa shape index (κ1) is 14.7. The molecule has 1 aromatic carbocycles. The van der Waals surface area contributed by atoms with Crippen molar-refractivity contribution in [3.8, 4) is 0 Å². The van der Waals surface area contributed by atoms with Crippen molar-refractivity contribution in [3.05, 3.63) is 54.0 Å². The summed E-state index contributed by atoms with van der Waals surface area (Å²) in [5.41, 5.74) is 3.77. The third-order valence-corrected chi connectivity index (χ3v) is 4.50. The number of nitrogens with one attached hydrogen (secondary N) is 1. The van der Waals surface area contributed by atoms with Crippen molar-refractivity contribution >= 4 is 22.5 Å². The van der Waals surface area contributed by atoms with Crippen molar-refractivity contribution in [3.63, 3.8) is 0 Å². The normalized spacial score (nSPS) is 15.0. The molecule has 3 aromatic rings. The zero-order valence-corrected chi connectivity index (χ0v) is 13.6. The second kappa shape index (κ2) is 5.96. The molecule has 0 spiro atoms. The first-order chi connectivity index (χ1) is 11.7. The standard InChI is InChI=1S/C18H19N5O/c1-13-3-2-4-14(11-13)22-7-9-23(10-8-22)18(24)17-15-12-19-6-5-16(15)20-21-17/h2-6,11-12H,7-10H2,1H3,(H,20,21). The highest BCUT2D eigenvalue weighted by molar-refractivity contribution is 6.04. The molecular formula is C18H19N5O. The Morgan fingerprint density at radius 2 is 2.00 bits per heavy atom. The lowest BCUT2D eigenvalue weighted by Gasteiger charge is -2.36. The lowest BCUT2D eigenvalue weighted by atomic mass is 10.2. The summed E-state index contributed by atoms with van der Waals surface area (Å²) in [5, 5.41) is 7.87. The molecule has 0 radical (unpaired) electrons. The molecule has 1 N–H and O–H groups in total. The maximum Gasteiger partial charge on any atom is 0.275 e. The average Bonchev–Trinajstić information content (AvgIpc) is 3.05. The van der Waals surface area contributed by atoms with Crippen LogP contribution in [0.4, 0.5) is 5.69 Å². The predicted molar refractivity (Wildman–Crippen MR) is 93.2 cm³/mol. The first-order valence-electron chi connectivity index (χ1n) is 8.11. The van der Waals surface area contributed by atoms with Gasteiger partial charge in [0.1, 0.15) is 0 Å². The van der Waals surface area contributed by atoms with Gasteiger partial charge in [-0.3, -0.25) is 14.9 Å². The molecule has 4 rings (SSSR count). The van der Waals surface area contributed by atoms with Gasteiger partial charge in [0.25, 0.3) is 5.91 Å². The van der Waals surface area contributed by atoms with E-state index in [4.69, 9.17) is 0 Å². The fourth-order valence-corrected chi connectivity index (χ4v) is 3.16. The van der Waals surface area contributed by atoms with Crippen LogP contribution >= 0.6 is 0 Å². The number of hydrogen-bond donors (Lipinski definition) is 1. The van der Waals surface area contributed by atoms with Gasteiger partial charge < -0.3 is 9.80 Å². The number of H-pyrrole nitrogens is 1. The molecule has 122 valence electrons. The zero-order chi connectivity index (χ0) is 16.5. The molecule has 1 amide bonds. The molecule has 3 heterocycles. The van der Waals surface area contributed by atoms with Gasteiger partial charge in [-0.05, 0) is 30.7 Å². The minimum atomic E-state index is -0.0295. The van der Waals surface area contributed by atoms with E-state index >= 15 is 0 Å². The van der Waals surface area contributed by atoms with Crippen LogP contribution in [0.5, 0.6) is 0 Å². The van der Waals surface area contributed by atoms with Gasteiger partial charge in [0.05, 0.1) is 10.9 Å². The fraction of sp³-hybridized carbons (Fsp3) is 0.278. The van der Waals surface area contributed by atoms with Gasteiger partial charge >= 0.3 is 0 Å². The van der Waals surface area contributed by atoms with Crippen LogP contribution < -0.4 is 4.90 Å². The van der Waals surface area contributed by atoms with Crippen LogP contribution in [0.15, 0.2) is 42.7 Å². The van der Waals surface area contributed by atoms with Crippen LogP contribution in [-0.2, 0) is 0 Å². The van der Waals surface area contributed by atoms with Gasteiger partial charge in [0, 0.05) is 44.3 Å². The van der Waals surface area contributed by atoms with E-state index in [2.05, 4.69) is 51.3 Å². The Morgan fingerprint density at radius 1 is 1.17 bits per heavy atom. The highest BCUT2D eigenvalue weighted by Gasteiger charge is 2.25. The van der Waals surface area contributed by atoms with Crippen molar-refractivity contribution in [2.24, 2.45) is 0 Å². The maximum absolute atomic E-state index is 12.8. The van der Waals surface area contributed by atoms with E-state index in [9.17, 15) is 4.79 Å². The molecule has 0 bridgehead atoms. The Bertz CT molecular complexity index is 880. The molecule has 2 aromatic heterocycles. The van der Waals surface area contributed by atoms with E-state index in [1.165, 1.54) is 11.3 Å². The number of benzene rings is 1. The Kier molecular flexibility index (Phi) is 3.65. The van der Waals surface area contributed by atoms with Crippen molar-refractivity contribution in [1.82, 2.24) is 20.1 Å². The molecule has 0 unspecified atom stereocenters. The Balaban J connectivity index is 1.48. The minimum Gasteiger partial charge on any atom is -0.368 e. The lowest BCUT2D eigenvalue weighted by Crippen LogP contribution is -2.49. The Morgan fingerprint density at radius 3 is 2.79 bits per heavy atom. The van der Waals surface area contributed by atoms with Gasteiger partial charge in [-0.1, -0.05) is 12.1 Å². The number of carbonyl (C=O) groups is 1. The monoisotopic (exact) mass is 321 g/mol. The van der Waals surface area contributed by atoms with E-state index in [-0.39, 0.29) is 5.91 Å². The summed E-state index contributed by atoms with van der Waals surface area (Å²) < 4.78 is 0.